The van der Waals surface area contributed by atoms with Crippen LogP contribution in [0.15, 0.2) is 6.07 Å². The molecule has 0 aromatic heterocycles. The van der Waals surface area contributed by atoms with Crippen molar-refractivity contribution in [2.45, 2.75) is 24.7 Å². The Kier molecular flexibility index (Phi) is 3.34. The van der Waals surface area contributed by atoms with Gasteiger partial charge in [-0.15, -0.1) is 0 Å². The van der Waals surface area contributed by atoms with E-state index in [1.54, 1.807) is 0 Å². The molecule has 0 amide bonds. The number of benzene rings is 1. The molecule has 2 rings (SSSR count). The molecule has 0 bridgehead atoms. The van der Waals surface area contributed by atoms with Crippen LogP contribution in [-0.2, 0) is 10.2 Å². The van der Waals surface area contributed by atoms with Crippen LogP contribution in [-0.4, -0.2) is 25.3 Å². The van der Waals surface area contributed by atoms with E-state index in [1.807, 2.05) is 0 Å². The SMILES string of the molecule is COc1cc(F)c(F)c(C2(CC(=O)O)CC2)c1OC. The second-order valence-corrected chi connectivity index (χ2v) is 4.63. The first-order valence-electron chi connectivity index (χ1n) is 5.77. The number of hydrogen-bond donors (Lipinski definition) is 1. The highest BCUT2D eigenvalue weighted by Gasteiger charge is 2.50. The van der Waals surface area contributed by atoms with Crippen LogP contribution in [0.5, 0.6) is 11.5 Å². The summed E-state index contributed by atoms with van der Waals surface area (Å²) in [5.41, 5.74) is -0.925. The van der Waals surface area contributed by atoms with Crippen LogP contribution in [0, 0.1) is 11.6 Å². The summed E-state index contributed by atoms with van der Waals surface area (Å²) in [6.07, 6.45) is 0.714. The van der Waals surface area contributed by atoms with Gasteiger partial charge in [0.15, 0.2) is 23.1 Å². The van der Waals surface area contributed by atoms with E-state index in [0.29, 0.717) is 12.8 Å². The molecule has 0 heterocycles. The minimum absolute atomic E-state index is 0.0331. The maximum atomic E-state index is 14.0. The Bertz CT molecular complexity index is 524. The molecule has 1 fully saturated rings. The first-order valence-corrected chi connectivity index (χ1v) is 5.77. The van der Waals surface area contributed by atoms with E-state index >= 15 is 0 Å². The molecule has 1 saturated carbocycles. The third kappa shape index (κ3) is 2.22. The molecule has 6 heteroatoms. The van der Waals surface area contributed by atoms with Gasteiger partial charge in [-0.3, -0.25) is 4.79 Å². The topological polar surface area (TPSA) is 55.8 Å². The predicted molar refractivity (Wildman–Crippen MR) is 62.6 cm³/mol. The van der Waals surface area contributed by atoms with Crippen molar-refractivity contribution in [2.24, 2.45) is 0 Å². The second-order valence-electron chi connectivity index (χ2n) is 4.63. The Hall–Kier alpha value is -1.85. The molecule has 1 N–H and O–H groups in total. The third-order valence-corrected chi connectivity index (χ3v) is 3.44. The number of ether oxygens (including phenoxy) is 2. The molecule has 1 aromatic rings. The van der Waals surface area contributed by atoms with Crippen molar-refractivity contribution >= 4 is 5.97 Å². The summed E-state index contributed by atoms with van der Waals surface area (Å²) < 4.78 is 37.7. The number of halogens is 2. The van der Waals surface area contributed by atoms with Crippen LogP contribution < -0.4 is 9.47 Å². The largest absolute Gasteiger partial charge is 0.493 e. The lowest BCUT2D eigenvalue weighted by Gasteiger charge is -2.20. The first kappa shape index (κ1) is 13.6. The lowest BCUT2D eigenvalue weighted by molar-refractivity contribution is -0.137. The van der Waals surface area contributed by atoms with Gasteiger partial charge in [0.05, 0.1) is 20.6 Å². The molecule has 1 aliphatic rings. The summed E-state index contributed by atoms with van der Waals surface area (Å²) in [4.78, 5) is 10.9. The lowest BCUT2D eigenvalue weighted by Crippen LogP contribution is -2.17. The van der Waals surface area contributed by atoms with Crippen LogP contribution in [0.25, 0.3) is 0 Å². The quantitative estimate of drug-likeness (QED) is 0.894. The third-order valence-electron chi connectivity index (χ3n) is 3.44. The number of methoxy groups -OCH3 is 2. The number of aliphatic carboxylic acids is 1. The van der Waals surface area contributed by atoms with Crippen LogP contribution in [0.2, 0.25) is 0 Å². The highest BCUT2D eigenvalue weighted by molar-refractivity contribution is 5.71. The van der Waals surface area contributed by atoms with Gasteiger partial charge in [0.1, 0.15) is 0 Å². The van der Waals surface area contributed by atoms with Crippen LogP contribution in [0.3, 0.4) is 0 Å². The molecule has 19 heavy (non-hydrogen) atoms. The highest BCUT2D eigenvalue weighted by atomic mass is 19.2. The number of carbonyl (C=O) groups is 1. The summed E-state index contributed by atoms with van der Waals surface area (Å²) in [7, 11) is 2.63. The monoisotopic (exact) mass is 272 g/mol. The van der Waals surface area contributed by atoms with Crippen LogP contribution in [0.4, 0.5) is 8.78 Å². The van der Waals surface area contributed by atoms with E-state index in [9.17, 15) is 13.6 Å². The number of rotatable bonds is 5. The molecule has 0 unspecified atom stereocenters. The fourth-order valence-electron chi connectivity index (χ4n) is 2.37. The van der Waals surface area contributed by atoms with Crippen molar-refractivity contribution in [2.75, 3.05) is 14.2 Å². The molecule has 104 valence electrons. The normalized spacial score (nSPS) is 16.0. The predicted octanol–water partition coefficient (Wildman–Crippen LogP) is 2.49. The van der Waals surface area contributed by atoms with Crippen molar-refractivity contribution in [1.82, 2.24) is 0 Å². The summed E-state index contributed by atoms with van der Waals surface area (Å²) in [6.45, 7) is 0. The molecular weight excluding hydrogens is 258 g/mol. The van der Waals surface area contributed by atoms with Gasteiger partial charge in [-0.25, -0.2) is 8.78 Å². The Morgan fingerprint density at radius 1 is 1.37 bits per heavy atom. The lowest BCUT2D eigenvalue weighted by atomic mass is 9.90. The minimum Gasteiger partial charge on any atom is -0.493 e. The van der Waals surface area contributed by atoms with Gasteiger partial charge in [0.25, 0.3) is 0 Å². The van der Waals surface area contributed by atoms with E-state index < -0.39 is 23.0 Å². The minimum atomic E-state index is -1.07. The Labute approximate surface area is 108 Å². The molecule has 0 aliphatic heterocycles. The van der Waals surface area contributed by atoms with E-state index in [2.05, 4.69) is 0 Å². The fourth-order valence-corrected chi connectivity index (χ4v) is 2.37. The van der Waals surface area contributed by atoms with Gasteiger partial charge in [0, 0.05) is 17.0 Å². The van der Waals surface area contributed by atoms with Crippen molar-refractivity contribution in [3.63, 3.8) is 0 Å². The van der Waals surface area contributed by atoms with Gasteiger partial charge in [0.2, 0.25) is 0 Å². The first-order chi connectivity index (χ1) is 8.95. The summed E-state index contributed by atoms with van der Waals surface area (Å²) >= 11 is 0. The highest BCUT2D eigenvalue weighted by Crippen LogP contribution is 2.56. The molecular formula is C13H14F2O4. The summed E-state index contributed by atoms with van der Waals surface area (Å²) in [5.74, 6) is -3.05. The standard InChI is InChI=1S/C13H14F2O4/c1-18-8-5-7(14)11(15)10(12(8)19-2)13(3-4-13)6-9(16)17/h5H,3-4,6H2,1-2H3,(H,16,17). The van der Waals surface area contributed by atoms with Crippen molar-refractivity contribution < 1.29 is 28.2 Å². The molecule has 0 atom stereocenters. The van der Waals surface area contributed by atoms with E-state index in [-0.39, 0.29) is 23.5 Å². The Balaban J connectivity index is 2.61. The van der Waals surface area contributed by atoms with Crippen molar-refractivity contribution in [3.8, 4) is 11.5 Å². The van der Waals surface area contributed by atoms with Gasteiger partial charge in [-0.1, -0.05) is 0 Å². The average Bonchev–Trinajstić information content (AvgIpc) is 3.11. The molecule has 0 saturated heterocycles. The van der Waals surface area contributed by atoms with Crippen molar-refractivity contribution in [1.29, 1.82) is 0 Å². The van der Waals surface area contributed by atoms with Crippen LogP contribution >= 0.6 is 0 Å². The molecule has 1 aliphatic carbocycles. The number of carboxylic acids is 1. The van der Waals surface area contributed by atoms with E-state index in [4.69, 9.17) is 14.6 Å². The smallest absolute Gasteiger partial charge is 0.304 e. The number of carboxylic acid groups (broad SMARTS) is 1. The van der Waals surface area contributed by atoms with E-state index in [1.165, 1.54) is 14.2 Å². The van der Waals surface area contributed by atoms with Gasteiger partial charge < -0.3 is 14.6 Å². The summed E-state index contributed by atoms with van der Waals surface area (Å²) in [6, 6.07) is 0.897. The molecule has 1 aromatic carbocycles. The summed E-state index contributed by atoms with van der Waals surface area (Å²) in [5, 5.41) is 8.91. The van der Waals surface area contributed by atoms with E-state index in [0.717, 1.165) is 6.07 Å². The average molecular weight is 272 g/mol. The van der Waals surface area contributed by atoms with Gasteiger partial charge >= 0.3 is 5.97 Å². The Morgan fingerprint density at radius 2 is 2.00 bits per heavy atom. The van der Waals surface area contributed by atoms with Gasteiger partial charge in [-0.05, 0) is 12.8 Å². The molecule has 4 nitrogen and oxygen atoms in total. The van der Waals surface area contributed by atoms with Crippen LogP contribution in [0.1, 0.15) is 24.8 Å². The Morgan fingerprint density at radius 3 is 2.42 bits per heavy atom. The fraction of sp³-hybridized carbons (Fsp3) is 0.462. The maximum Gasteiger partial charge on any atom is 0.304 e. The molecule has 0 radical (unpaired) electrons. The molecule has 0 spiro atoms. The number of hydrogen-bond acceptors (Lipinski definition) is 3. The van der Waals surface area contributed by atoms with Gasteiger partial charge in [-0.2, -0.15) is 0 Å². The zero-order valence-electron chi connectivity index (χ0n) is 10.6. The zero-order chi connectivity index (χ0) is 14.2. The van der Waals surface area contributed by atoms with Crippen molar-refractivity contribution in [3.05, 3.63) is 23.3 Å². The second kappa shape index (κ2) is 4.68. The zero-order valence-corrected chi connectivity index (χ0v) is 10.6. The maximum absolute atomic E-state index is 14.0.